The van der Waals surface area contributed by atoms with E-state index in [0.717, 1.165) is 24.8 Å². The van der Waals surface area contributed by atoms with Gasteiger partial charge >= 0.3 is 0 Å². The quantitative estimate of drug-likeness (QED) is 0.794. The minimum absolute atomic E-state index is 0.116. The number of amides is 1. The van der Waals surface area contributed by atoms with Crippen molar-refractivity contribution >= 4 is 5.91 Å². The van der Waals surface area contributed by atoms with Gasteiger partial charge in [0, 0.05) is 7.05 Å². The maximum absolute atomic E-state index is 11.4. The van der Waals surface area contributed by atoms with Crippen LogP contribution in [-0.4, -0.2) is 18.1 Å². The van der Waals surface area contributed by atoms with Gasteiger partial charge in [0.2, 0.25) is 0 Å². The molecule has 0 aliphatic rings. The van der Waals surface area contributed by atoms with E-state index >= 15 is 0 Å². The van der Waals surface area contributed by atoms with Crippen LogP contribution in [0.2, 0.25) is 0 Å². The van der Waals surface area contributed by atoms with Crippen molar-refractivity contribution in [2.45, 2.75) is 26.2 Å². The van der Waals surface area contributed by atoms with E-state index in [-0.39, 0.29) is 11.7 Å². The van der Waals surface area contributed by atoms with Gasteiger partial charge < -0.3 is 10.4 Å². The molecule has 0 atom stereocenters. The average Bonchev–Trinajstić information content (AvgIpc) is 2.27. The standard InChI is InChI=1S/C12H17NO2/c1-3-4-6-9-7-5-8-10(11(9)14)12(15)13-2/h5,7-8,14H,3-4,6H2,1-2H3,(H,13,15). The van der Waals surface area contributed by atoms with E-state index in [1.165, 1.54) is 0 Å². The van der Waals surface area contributed by atoms with Crippen LogP contribution in [0.4, 0.5) is 0 Å². The van der Waals surface area contributed by atoms with Crippen LogP contribution in [0.25, 0.3) is 0 Å². The normalized spacial score (nSPS) is 10.0. The molecule has 0 aliphatic carbocycles. The van der Waals surface area contributed by atoms with Crippen molar-refractivity contribution in [3.8, 4) is 5.75 Å². The fraction of sp³-hybridized carbons (Fsp3) is 0.417. The van der Waals surface area contributed by atoms with Crippen molar-refractivity contribution in [3.63, 3.8) is 0 Å². The highest BCUT2D eigenvalue weighted by Crippen LogP contribution is 2.23. The van der Waals surface area contributed by atoms with Crippen molar-refractivity contribution in [3.05, 3.63) is 29.3 Å². The second-order valence-corrected chi connectivity index (χ2v) is 3.50. The molecule has 0 bridgehead atoms. The predicted octanol–water partition coefficient (Wildman–Crippen LogP) is 2.09. The van der Waals surface area contributed by atoms with Crippen molar-refractivity contribution in [1.29, 1.82) is 0 Å². The topological polar surface area (TPSA) is 49.3 Å². The van der Waals surface area contributed by atoms with Crippen molar-refractivity contribution in [2.75, 3.05) is 7.05 Å². The number of phenolic OH excluding ortho intramolecular Hbond substituents is 1. The molecule has 1 aromatic carbocycles. The smallest absolute Gasteiger partial charge is 0.254 e. The lowest BCUT2D eigenvalue weighted by Gasteiger charge is -2.08. The Kier molecular flexibility index (Phi) is 4.16. The number of aromatic hydroxyl groups is 1. The molecule has 1 amide bonds. The number of hydrogen-bond acceptors (Lipinski definition) is 2. The molecule has 3 heteroatoms. The second-order valence-electron chi connectivity index (χ2n) is 3.50. The summed E-state index contributed by atoms with van der Waals surface area (Å²) in [7, 11) is 1.56. The van der Waals surface area contributed by atoms with E-state index in [2.05, 4.69) is 12.2 Å². The summed E-state index contributed by atoms with van der Waals surface area (Å²) in [6, 6.07) is 5.29. The minimum Gasteiger partial charge on any atom is -0.507 e. The van der Waals surface area contributed by atoms with E-state index in [0.29, 0.717) is 5.56 Å². The minimum atomic E-state index is -0.245. The maximum atomic E-state index is 11.4. The highest BCUT2D eigenvalue weighted by atomic mass is 16.3. The summed E-state index contributed by atoms with van der Waals surface area (Å²) < 4.78 is 0. The van der Waals surface area contributed by atoms with Crippen molar-refractivity contribution < 1.29 is 9.90 Å². The number of aryl methyl sites for hydroxylation is 1. The van der Waals surface area contributed by atoms with Gasteiger partial charge in [-0.25, -0.2) is 0 Å². The molecule has 0 saturated heterocycles. The Morgan fingerprint density at radius 3 is 2.80 bits per heavy atom. The summed E-state index contributed by atoms with van der Waals surface area (Å²) in [5.41, 5.74) is 1.20. The Balaban J connectivity index is 2.95. The van der Waals surface area contributed by atoms with Crippen LogP contribution in [-0.2, 0) is 6.42 Å². The number of carbonyl (C=O) groups is 1. The van der Waals surface area contributed by atoms with Crippen LogP contribution in [0, 0.1) is 0 Å². The van der Waals surface area contributed by atoms with Gasteiger partial charge in [0.15, 0.2) is 0 Å². The average molecular weight is 207 g/mol. The molecule has 2 N–H and O–H groups in total. The van der Waals surface area contributed by atoms with E-state index in [1.54, 1.807) is 19.2 Å². The molecule has 15 heavy (non-hydrogen) atoms. The van der Waals surface area contributed by atoms with Crippen LogP contribution in [0.15, 0.2) is 18.2 Å². The number of hydrogen-bond donors (Lipinski definition) is 2. The SMILES string of the molecule is CCCCc1cccc(C(=O)NC)c1O. The molecule has 3 nitrogen and oxygen atoms in total. The van der Waals surface area contributed by atoms with Crippen molar-refractivity contribution in [1.82, 2.24) is 5.32 Å². The summed E-state index contributed by atoms with van der Waals surface area (Å²) in [6.07, 6.45) is 2.90. The Hall–Kier alpha value is -1.51. The molecule has 0 aromatic heterocycles. The lowest BCUT2D eigenvalue weighted by molar-refractivity contribution is 0.0960. The van der Waals surface area contributed by atoms with E-state index in [1.807, 2.05) is 6.07 Å². The first kappa shape index (κ1) is 11.6. The lowest BCUT2D eigenvalue weighted by Crippen LogP contribution is -2.18. The number of para-hydroxylation sites is 1. The second kappa shape index (κ2) is 5.39. The van der Waals surface area contributed by atoms with Crippen LogP contribution in [0.3, 0.4) is 0 Å². The number of carbonyl (C=O) groups excluding carboxylic acids is 1. The molecule has 0 radical (unpaired) electrons. The number of unbranched alkanes of at least 4 members (excludes halogenated alkanes) is 1. The van der Waals surface area contributed by atoms with Gasteiger partial charge in [-0.15, -0.1) is 0 Å². The molecular formula is C12H17NO2. The van der Waals surface area contributed by atoms with Gasteiger partial charge in [-0.1, -0.05) is 25.5 Å². The zero-order valence-corrected chi connectivity index (χ0v) is 9.21. The predicted molar refractivity (Wildman–Crippen MR) is 60.1 cm³/mol. The molecule has 0 fully saturated rings. The van der Waals surface area contributed by atoms with E-state index in [4.69, 9.17) is 0 Å². The third kappa shape index (κ3) is 2.72. The number of rotatable bonds is 4. The number of nitrogens with one attached hydrogen (secondary N) is 1. The maximum Gasteiger partial charge on any atom is 0.254 e. The van der Waals surface area contributed by atoms with Gasteiger partial charge in [0.25, 0.3) is 5.91 Å². The van der Waals surface area contributed by atoms with Crippen LogP contribution >= 0.6 is 0 Å². The van der Waals surface area contributed by atoms with Crippen molar-refractivity contribution in [2.24, 2.45) is 0 Å². The van der Waals surface area contributed by atoms with E-state index in [9.17, 15) is 9.90 Å². The van der Waals surface area contributed by atoms with Gasteiger partial charge in [-0.2, -0.15) is 0 Å². The van der Waals surface area contributed by atoms with E-state index < -0.39 is 0 Å². The molecule has 0 heterocycles. The lowest BCUT2D eigenvalue weighted by atomic mass is 10.0. The molecule has 0 unspecified atom stereocenters. The third-order valence-electron chi connectivity index (χ3n) is 2.39. The first-order valence-corrected chi connectivity index (χ1v) is 5.23. The van der Waals surface area contributed by atoms with Crippen LogP contribution < -0.4 is 5.32 Å². The summed E-state index contributed by atoms with van der Waals surface area (Å²) in [6.45, 7) is 2.10. The monoisotopic (exact) mass is 207 g/mol. The third-order valence-corrected chi connectivity index (χ3v) is 2.39. The zero-order chi connectivity index (χ0) is 11.3. The zero-order valence-electron chi connectivity index (χ0n) is 9.21. The molecular weight excluding hydrogens is 190 g/mol. The first-order chi connectivity index (χ1) is 7.20. The summed E-state index contributed by atoms with van der Waals surface area (Å²) >= 11 is 0. The molecule has 82 valence electrons. The summed E-state index contributed by atoms with van der Waals surface area (Å²) in [4.78, 5) is 11.4. The molecule has 0 aliphatic heterocycles. The molecule has 0 spiro atoms. The van der Waals surface area contributed by atoms with Gasteiger partial charge in [0.05, 0.1) is 5.56 Å². The molecule has 1 rings (SSSR count). The Morgan fingerprint density at radius 1 is 1.47 bits per heavy atom. The summed E-state index contributed by atoms with van der Waals surface area (Å²) in [5, 5.41) is 12.4. The van der Waals surface area contributed by atoms with Gasteiger partial charge in [0.1, 0.15) is 5.75 Å². The molecule has 1 aromatic rings. The van der Waals surface area contributed by atoms with Crippen LogP contribution in [0.5, 0.6) is 5.75 Å². The van der Waals surface area contributed by atoms with Gasteiger partial charge in [-0.3, -0.25) is 4.79 Å². The van der Waals surface area contributed by atoms with Crippen LogP contribution in [0.1, 0.15) is 35.7 Å². The number of phenols is 1. The molecule has 0 saturated carbocycles. The Labute approximate surface area is 90.1 Å². The fourth-order valence-electron chi connectivity index (χ4n) is 1.48. The first-order valence-electron chi connectivity index (χ1n) is 5.23. The summed E-state index contributed by atoms with van der Waals surface area (Å²) in [5.74, 6) is -0.129. The highest BCUT2D eigenvalue weighted by Gasteiger charge is 2.11. The van der Waals surface area contributed by atoms with Gasteiger partial charge in [-0.05, 0) is 24.5 Å². The highest BCUT2D eigenvalue weighted by molar-refractivity contribution is 5.97. The number of benzene rings is 1. The fourth-order valence-corrected chi connectivity index (χ4v) is 1.48. The Morgan fingerprint density at radius 2 is 2.20 bits per heavy atom. The Bertz CT molecular complexity index is 347. The largest absolute Gasteiger partial charge is 0.507 e.